The second kappa shape index (κ2) is 3.11. The van der Waals surface area contributed by atoms with Crippen LogP contribution >= 0.6 is 11.6 Å². The van der Waals surface area contributed by atoms with Gasteiger partial charge in [0, 0.05) is 0 Å². The molecule has 2 heterocycles. The molecule has 0 fully saturated rings. The average molecular weight is 214 g/mol. The topological polar surface area (TPSA) is 104 Å². The van der Waals surface area contributed by atoms with Crippen molar-refractivity contribution >= 4 is 34.8 Å². The number of amides is 1. The van der Waals surface area contributed by atoms with Crippen molar-refractivity contribution in [3.8, 4) is 0 Å². The fourth-order valence-electron chi connectivity index (χ4n) is 0.949. The number of carbonyl (C=O) groups is 1. The molecular weight excluding hydrogens is 210 g/mol. The van der Waals surface area contributed by atoms with E-state index in [1.807, 2.05) is 5.32 Å². The van der Waals surface area contributed by atoms with E-state index >= 15 is 0 Å². The van der Waals surface area contributed by atoms with Gasteiger partial charge >= 0.3 is 6.09 Å². The number of halogens is 1. The van der Waals surface area contributed by atoms with Crippen LogP contribution in [0.2, 0.25) is 5.15 Å². The Morgan fingerprint density at radius 3 is 3.07 bits per heavy atom. The summed E-state index contributed by atoms with van der Waals surface area (Å²) in [5, 5.41) is 10.5. The van der Waals surface area contributed by atoms with Crippen molar-refractivity contribution in [2.75, 3.05) is 5.32 Å². The minimum absolute atomic E-state index is 0.0953. The smallest absolute Gasteiger partial charge is 0.411 e. The Bertz CT molecular complexity index is 496. The van der Waals surface area contributed by atoms with E-state index in [0.717, 1.165) is 0 Å². The van der Waals surface area contributed by atoms with Crippen molar-refractivity contribution in [2.45, 2.75) is 0 Å². The van der Waals surface area contributed by atoms with Crippen molar-refractivity contribution in [3.63, 3.8) is 0 Å². The van der Waals surface area contributed by atoms with Crippen LogP contribution in [-0.4, -0.2) is 31.1 Å². The standard InChI is InChI=1S/C6H4ClN5O2/c7-3-2-4(9-1-8-2)11-5(10-3)12-6(13)14/h1H,(H,13,14)(H2,8,9,10,11,12). The van der Waals surface area contributed by atoms with Crippen molar-refractivity contribution in [1.82, 2.24) is 19.9 Å². The number of nitrogens with one attached hydrogen (secondary N) is 2. The van der Waals surface area contributed by atoms with E-state index in [0.29, 0.717) is 11.2 Å². The summed E-state index contributed by atoms with van der Waals surface area (Å²) in [5.74, 6) is -0.0953. The highest BCUT2D eigenvalue weighted by atomic mass is 35.5. The van der Waals surface area contributed by atoms with Crippen LogP contribution in [0.25, 0.3) is 11.2 Å². The molecule has 0 spiro atoms. The number of nitrogens with zero attached hydrogens (tertiary/aromatic N) is 3. The Morgan fingerprint density at radius 2 is 2.36 bits per heavy atom. The Balaban J connectivity index is 2.53. The summed E-state index contributed by atoms with van der Waals surface area (Å²) >= 11 is 5.73. The van der Waals surface area contributed by atoms with E-state index in [1.54, 1.807) is 0 Å². The molecule has 0 aliphatic heterocycles. The van der Waals surface area contributed by atoms with Gasteiger partial charge in [-0.2, -0.15) is 9.97 Å². The van der Waals surface area contributed by atoms with Crippen LogP contribution in [0.4, 0.5) is 10.7 Å². The summed E-state index contributed by atoms with van der Waals surface area (Å²) in [6, 6.07) is 0. The van der Waals surface area contributed by atoms with Crippen LogP contribution < -0.4 is 5.32 Å². The first-order chi connectivity index (χ1) is 6.66. The Kier molecular flexibility index (Phi) is 1.93. The first-order valence-corrected chi connectivity index (χ1v) is 3.91. The molecule has 0 unspecified atom stereocenters. The van der Waals surface area contributed by atoms with E-state index in [-0.39, 0.29) is 11.1 Å². The summed E-state index contributed by atoms with van der Waals surface area (Å²) in [6.07, 6.45) is 0.145. The lowest BCUT2D eigenvalue weighted by Gasteiger charge is -1.98. The van der Waals surface area contributed by atoms with Gasteiger partial charge in [-0.05, 0) is 0 Å². The fraction of sp³-hybridized carbons (Fsp3) is 0. The highest BCUT2D eigenvalue weighted by Gasteiger charge is 2.09. The number of hydrogen-bond acceptors (Lipinski definition) is 4. The molecule has 14 heavy (non-hydrogen) atoms. The van der Waals surface area contributed by atoms with Crippen molar-refractivity contribution in [2.24, 2.45) is 0 Å². The number of imidazole rings is 1. The predicted molar refractivity (Wildman–Crippen MR) is 48.3 cm³/mol. The first-order valence-electron chi connectivity index (χ1n) is 3.53. The number of carboxylic acid groups (broad SMARTS) is 1. The number of H-pyrrole nitrogens is 1. The molecule has 0 aliphatic rings. The molecule has 0 saturated carbocycles. The van der Waals surface area contributed by atoms with Crippen LogP contribution in [0.3, 0.4) is 0 Å². The SMILES string of the molecule is O=C(O)Nc1nc(Cl)c2[nH]cnc2n1. The molecule has 0 radical (unpaired) electrons. The summed E-state index contributed by atoms with van der Waals surface area (Å²) in [7, 11) is 0. The lowest BCUT2D eigenvalue weighted by Crippen LogP contribution is -2.10. The maximum atomic E-state index is 10.3. The Morgan fingerprint density at radius 1 is 1.57 bits per heavy atom. The highest BCUT2D eigenvalue weighted by molar-refractivity contribution is 6.33. The van der Waals surface area contributed by atoms with Gasteiger partial charge < -0.3 is 10.1 Å². The first kappa shape index (κ1) is 8.70. The molecule has 7 nitrogen and oxygen atoms in total. The minimum atomic E-state index is -1.25. The molecule has 0 aliphatic carbocycles. The molecule has 72 valence electrons. The van der Waals surface area contributed by atoms with E-state index < -0.39 is 6.09 Å². The van der Waals surface area contributed by atoms with Gasteiger partial charge in [0.1, 0.15) is 5.52 Å². The van der Waals surface area contributed by atoms with Gasteiger partial charge in [0.25, 0.3) is 0 Å². The second-order valence-electron chi connectivity index (χ2n) is 2.37. The van der Waals surface area contributed by atoms with Gasteiger partial charge in [0.05, 0.1) is 6.33 Å². The number of fused-ring (bicyclic) bond motifs is 1. The van der Waals surface area contributed by atoms with Crippen LogP contribution in [0, 0.1) is 0 Å². The lowest BCUT2D eigenvalue weighted by atomic mass is 10.5. The summed E-state index contributed by atoms with van der Waals surface area (Å²) in [5.41, 5.74) is 0.788. The maximum absolute atomic E-state index is 10.3. The quantitative estimate of drug-likeness (QED) is 0.616. The van der Waals surface area contributed by atoms with Gasteiger partial charge in [-0.3, -0.25) is 5.32 Å². The molecule has 0 atom stereocenters. The Hall–Kier alpha value is -1.89. The molecule has 8 heteroatoms. The lowest BCUT2D eigenvalue weighted by molar-refractivity contribution is 0.209. The maximum Gasteiger partial charge on any atom is 0.411 e. The third-order valence-corrected chi connectivity index (χ3v) is 1.73. The van der Waals surface area contributed by atoms with Gasteiger partial charge in [-0.25, -0.2) is 9.78 Å². The van der Waals surface area contributed by atoms with Crippen LogP contribution in [-0.2, 0) is 0 Å². The summed E-state index contributed by atoms with van der Waals surface area (Å²) in [6.45, 7) is 0. The zero-order valence-corrected chi connectivity index (χ0v) is 7.41. The van der Waals surface area contributed by atoms with Crippen LogP contribution in [0.5, 0.6) is 0 Å². The number of aromatic nitrogens is 4. The van der Waals surface area contributed by atoms with Gasteiger partial charge in [-0.15, -0.1) is 0 Å². The summed E-state index contributed by atoms with van der Waals surface area (Å²) in [4.78, 5) is 24.4. The molecule has 2 aromatic heterocycles. The predicted octanol–water partition coefficient (Wildman–Crippen LogP) is 1.10. The normalized spacial score (nSPS) is 10.4. The van der Waals surface area contributed by atoms with E-state index in [9.17, 15) is 4.79 Å². The van der Waals surface area contributed by atoms with E-state index in [2.05, 4.69) is 19.9 Å². The number of aromatic amines is 1. The fourth-order valence-corrected chi connectivity index (χ4v) is 1.17. The third-order valence-electron chi connectivity index (χ3n) is 1.46. The van der Waals surface area contributed by atoms with Crippen molar-refractivity contribution < 1.29 is 9.90 Å². The molecular formula is C6H4ClN5O2. The van der Waals surface area contributed by atoms with Crippen LogP contribution in [0.15, 0.2) is 6.33 Å². The zero-order chi connectivity index (χ0) is 10.1. The molecule has 0 aromatic carbocycles. The minimum Gasteiger partial charge on any atom is -0.465 e. The third kappa shape index (κ3) is 1.44. The largest absolute Gasteiger partial charge is 0.465 e. The average Bonchev–Trinajstić information content (AvgIpc) is 2.50. The van der Waals surface area contributed by atoms with Crippen molar-refractivity contribution in [3.05, 3.63) is 11.5 Å². The van der Waals surface area contributed by atoms with E-state index in [1.165, 1.54) is 6.33 Å². The number of rotatable bonds is 1. The van der Waals surface area contributed by atoms with Gasteiger partial charge in [0.2, 0.25) is 5.95 Å². The monoisotopic (exact) mass is 213 g/mol. The molecule has 2 rings (SSSR count). The molecule has 2 aromatic rings. The van der Waals surface area contributed by atoms with Gasteiger partial charge in [0.15, 0.2) is 10.8 Å². The van der Waals surface area contributed by atoms with Crippen molar-refractivity contribution in [1.29, 1.82) is 0 Å². The Labute approximate surface area is 82.2 Å². The molecule has 0 bridgehead atoms. The molecule has 0 saturated heterocycles. The van der Waals surface area contributed by atoms with E-state index in [4.69, 9.17) is 16.7 Å². The molecule has 1 amide bonds. The van der Waals surface area contributed by atoms with Gasteiger partial charge in [-0.1, -0.05) is 11.6 Å². The number of hydrogen-bond donors (Lipinski definition) is 3. The number of anilines is 1. The zero-order valence-electron chi connectivity index (χ0n) is 6.65. The highest BCUT2D eigenvalue weighted by Crippen LogP contribution is 2.17. The second-order valence-corrected chi connectivity index (χ2v) is 2.73. The molecule has 3 N–H and O–H groups in total. The summed E-state index contributed by atoms with van der Waals surface area (Å²) < 4.78 is 0. The van der Waals surface area contributed by atoms with Crippen LogP contribution in [0.1, 0.15) is 0 Å².